The lowest BCUT2D eigenvalue weighted by Gasteiger charge is -2.07. The van der Waals surface area contributed by atoms with Crippen LogP contribution in [0.3, 0.4) is 0 Å². The monoisotopic (exact) mass is 198 g/mol. The Morgan fingerprint density at radius 2 is 2.50 bits per heavy atom. The molecular weight excluding hydrogens is 184 g/mol. The van der Waals surface area contributed by atoms with Crippen molar-refractivity contribution in [2.24, 2.45) is 5.73 Å². The summed E-state index contributed by atoms with van der Waals surface area (Å²) in [6.45, 7) is 1.27. The van der Waals surface area contributed by atoms with E-state index in [0.29, 0.717) is 18.9 Å². The van der Waals surface area contributed by atoms with Gasteiger partial charge in [-0.3, -0.25) is 4.79 Å². The van der Waals surface area contributed by atoms with E-state index in [1.54, 1.807) is 0 Å². The Morgan fingerprint density at radius 3 is 3.14 bits per heavy atom. The lowest BCUT2D eigenvalue weighted by Crippen LogP contribution is -2.15. The van der Waals surface area contributed by atoms with Gasteiger partial charge in [0.1, 0.15) is 0 Å². The Bertz CT molecular complexity index is 336. The van der Waals surface area contributed by atoms with Crippen molar-refractivity contribution in [1.82, 2.24) is 9.97 Å². The Kier molecular flexibility index (Phi) is 3.93. The fourth-order valence-corrected chi connectivity index (χ4v) is 1.01. The van der Waals surface area contributed by atoms with Gasteiger partial charge in [0.2, 0.25) is 5.75 Å². The zero-order valence-corrected chi connectivity index (χ0v) is 8.04. The summed E-state index contributed by atoms with van der Waals surface area (Å²) < 4.78 is 4.91. The van der Waals surface area contributed by atoms with Crippen LogP contribution in [0.4, 0.5) is 5.82 Å². The summed E-state index contributed by atoms with van der Waals surface area (Å²) in [6.07, 6.45) is 2.15. The highest BCUT2D eigenvalue weighted by Crippen LogP contribution is 2.13. The van der Waals surface area contributed by atoms with Crippen LogP contribution in [0.2, 0.25) is 0 Å². The molecule has 6 heteroatoms. The van der Waals surface area contributed by atoms with Gasteiger partial charge in [0, 0.05) is 6.54 Å². The van der Waals surface area contributed by atoms with Gasteiger partial charge in [0.15, 0.2) is 5.82 Å². The van der Waals surface area contributed by atoms with Crippen molar-refractivity contribution in [3.8, 4) is 5.75 Å². The van der Waals surface area contributed by atoms with Crippen LogP contribution in [0.15, 0.2) is 11.1 Å². The van der Waals surface area contributed by atoms with E-state index in [1.165, 1.54) is 13.4 Å². The highest BCUT2D eigenvalue weighted by Gasteiger charge is 2.06. The third-order valence-corrected chi connectivity index (χ3v) is 1.69. The van der Waals surface area contributed by atoms with E-state index < -0.39 is 0 Å². The molecule has 4 N–H and O–H groups in total. The van der Waals surface area contributed by atoms with Crippen LogP contribution >= 0.6 is 0 Å². The first-order valence-electron chi connectivity index (χ1n) is 4.35. The number of methoxy groups -OCH3 is 1. The number of rotatable bonds is 5. The Labute approximate surface area is 81.5 Å². The zero-order valence-electron chi connectivity index (χ0n) is 8.04. The van der Waals surface area contributed by atoms with E-state index in [9.17, 15) is 4.79 Å². The minimum atomic E-state index is -0.294. The molecule has 0 atom stereocenters. The summed E-state index contributed by atoms with van der Waals surface area (Å²) >= 11 is 0. The summed E-state index contributed by atoms with van der Waals surface area (Å²) in [5.41, 5.74) is 5.04. The zero-order chi connectivity index (χ0) is 10.4. The van der Waals surface area contributed by atoms with E-state index in [0.717, 1.165) is 6.42 Å². The number of aromatic amines is 1. The van der Waals surface area contributed by atoms with Crippen molar-refractivity contribution in [3.63, 3.8) is 0 Å². The summed E-state index contributed by atoms with van der Waals surface area (Å²) in [5.74, 6) is 0.647. The summed E-state index contributed by atoms with van der Waals surface area (Å²) in [5, 5.41) is 2.97. The fraction of sp³-hybridized carbons (Fsp3) is 0.500. The third-order valence-electron chi connectivity index (χ3n) is 1.69. The van der Waals surface area contributed by atoms with Gasteiger partial charge >= 0.3 is 0 Å². The molecule has 0 aliphatic heterocycles. The molecule has 0 amide bonds. The minimum absolute atomic E-state index is 0.199. The van der Waals surface area contributed by atoms with Crippen molar-refractivity contribution >= 4 is 5.82 Å². The highest BCUT2D eigenvalue weighted by molar-refractivity contribution is 5.47. The molecule has 14 heavy (non-hydrogen) atoms. The average molecular weight is 198 g/mol. The first-order chi connectivity index (χ1) is 6.79. The summed E-state index contributed by atoms with van der Waals surface area (Å²) in [6, 6.07) is 0. The molecule has 1 heterocycles. The van der Waals surface area contributed by atoms with Gasteiger partial charge in [-0.05, 0) is 13.0 Å². The lowest BCUT2D eigenvalue weighted by atomic mass is 10.4. The van der Waals surface area contributed by atoms with E-state index in [4.69, 9.17) is 10.5 Å². The predicted molar refractivity (Wildman–Crippen MR) is 53.6 cm³/mol. The Morgan fingerprint density at radius 1 is 1.71 bits per heavy atom. The molecule has 0 radical (unpaired) electrons. The van der Waals surface area contributed by atoms with Crippen LogP contribution in [0, 0.1) is 0 Å². The number of hydrogen-bond donors (Lipinski definition) is 3. The highest BCUT2D eigenvalue weighted by atomic mass is 16.5. The SMILES string of the molecule is COc1c(NCCCN)nc[nH]c1=O. The van der Waals surface area contributed by atoms with Crippen LogP contribution in [0.1, 0.15) is 6.42 Å². The maximum atomic E-state index is 11.2. The van der Waals surface area contributed by atoms with Crippen molar-refractivity contribution in [2.75, 3.05) is 25.5 Å². The molecule has 0 spiro atoms. The van der Waals surface area contributed by atoms with Gasteiger partial charge in [0.05, 0.1) is 13.4 Å². The van der Waals surface area contributed by atoms with Crippen LogP contribution in [0.5, 0.6) is 5.75 Å². The van der Waals surface area contributed by atoms with Gasteiger partial charge in [0.25, 0.3) is 5.56 Å². The fourth-order valence-electron chi connectivity index (χ4n) is 1.01. The van der Waals surface area contributed by atoms with E-state index in [-0.39, 0.29) is 11.3 Å². The normalized spacial score (nSPS) is 9.86. The Hall–Kier alpha value is -1.56. The maximum Gasteiger partial charge on any atom is 0.295 e. The molecular formula is C8H14N4O2. The Balaban J connectivity index is 2.75. The molecule has 0 aromatic carbocycles. The molecule has 6 nitrogen and oxygen atoms in total. The smallest absolute Gasteiger partial charge is 0.295 e. The van der Waals surface area contributed by atoms with Crippen LogP contribution < -0.4 is 21.3 Å². The number of ether oxygens (including phenoxy) is 1. The molecule has 0 unspecified atom stereocenters. The first kappa shape index (κ1) is 10.5. The van der Waals surface area contributed by atoms with Gasteiger partial charge in [-0.2, -0.15) is 0 Å². The number of H-pyrrole nitrogens is 1. The predicted octanol–water partition coefficient (Wildman–Crippen LogP) is -0.461. The lowest BCUT2D eigenvalue weighted by molar-refractivity contribution is 0.408. The number of anilines is 1. The van der Waals surface area contributed by atoms with Crippen LogP contribution in [0.25, 0.3) is 0 Å². The molecule has 1 aromatic rings. The summed E-state index contributed by atoms with van der Waals surface area (Å²) in [7, 11) is 1.43. The van der Waals surface area contributed by atoms with Gasteiger partial charge < -0.3 is 20.8 Å². The second kappa shape index (κ2) is 5.23. The topological polar surface area (TPSA) is 93.0 Å². The molecule has 0 bridgehead atoms. The molecule has 0 saturated carbocycles. The number of nitrogens with one attached hydrogen (secondary N) is 2. The molecule has 78 valence electrons. The number of hydrogen-bond acceptors (Lipinski definition) is 5. The van der Waals surface area contributed by atoms with Crippen molar-refractivity contribution in [2.45, 2.75) is 6.42 Å². The maximum absolute atomic E-state index is 11.2. The van der Waals surface area contributed by atoms with Crippen LogP contribution in [-0.2, 0) is 0 Å². The largest absolute Gasteiger partial charge is 0.489 e. The summed E-state index contributed by atoms with van der Waals surface area (Å²) in [4.78, 5) is 17.6. The molecule has 1 aromatic heterocycles. The standard InChI is InChI=1S/C8H14N4O2/c1-14-6-7(10-4-2-3-9)11-5-12-8(6)13/h5H,2-4,9H2,1H3,(H2,10,11,12,13). The van der Waals surface area contributed by atoms with Crippen LogP contribution in [-0.4, -0.2) is 30.2 Å². The first-order valence-corrected chi connectivity index (χ1v) is 4.35. The quantitative estimate of drug-likeness (QED) is 0.557. The van der Waals surface area contributed by atoms with Gasteiger partial charge in [-0.1, -0.05) is 0 Å². The molecule has 0 aliphatic carbocycles. The van der Waals surface area contributed by atoms with Crippen molar-refractivity contribution < 1.29 is 4.74 Å². The van der Waals surface area contributed by atoms with Gasteiger partial charge in [-0.15, -0.1) is 0 Å². The average Bonchev–Trinajstić information content (AvgIpc) is 2.18. The number of aromatic nitrogens is 2. The molecule has 1 rings (SSSR count). The second-order valence-electron chi connectivity index (χ2n) is 2.68. The molecule has 0 saturated heterocycles. The molecule has 0 fully saturated rings. The minimum Gasteiger partial charge on any atom is -0.489 e. The number of nitrogens with zero attached hydrogens (tertiary/aromatic N) is 1. The van der Waals surface area contributed by atoms with E-state index >= 15 is 0 Å². The third kappa shape index (κ3) is 2.46. The van der Waals surface area contributed by atoms with Crippen molar-refractivity contribution in [3.05, 3.63) is 16.7 Å². The van der Waals surface area contributed by atoms with Gasteiger partial charge in [-0.25, -0.2) is 4.98 Å². The van der Waals surface area contributed by atoms with E-state index in [1.807, 2.05) is 0 Å². The van der Waals surface area contributed by atoms with E-state index in [2.05, 4.69) is 15.3 Å². The number of nitrogens with two attached hydrogens (primary N) is 1. The molecule has 0 aliphatic rings. The second-order valence-corrected chi connectivity index (χ2v) is 2.68. The van der Waals surface area contributed by atoms with Crippen molar-refractivity contribution in [1.29, 1.82) is 0 Å².